The van der Waals surface area contributed by atoms with Gasteiger partial charge in [-0.15, -0.1) is 0 Å². The van der Waals surface area contributed by atoms with E-state index < -0.39 is 0 Å². The van der Waals surface area contributed by atoms with Crippen molar-refractivity contribution in [1.82, 2.24) is 15.2 Å². The minimum atomic E-state index is 0.578. The third-order valence-corrected chi connectivity index (χ3v) is 3.36. The van der Waals surface area contributed by atoms with Gasteiger partial charge >= 0.3 is 0 Å². The SMILES string of the molecule is COc1ccc(Br)cc1-c1n[nH]c(C2CC2)n1. The van der Waals surface area contributed by atoms with Crippen molar-refractivity contribution in [2.24, 2.45) is 0 Å². The van der Waals surface area contributed by atoms with Crippen LogP contribution in [-0.2, 0) is 0 Å². The molecule has 3 rings (SSSR count). The van der Waals surface area contributed by atoms with Crippen LogP contribution < -0.4 is 4.74 Å². The molecule has 0 radical (unpaired) electrons. The lowest BCUT2D eigenvalue weighted by Gasteiger charge is -2.05. The van der Waals surface area contributed by atoms with Gasteiger partial charge in [0.1, 0.15) is 11.6 Å². The van der Waals surface area contributed by atoms with Crippen LogP contribution in [0, 0.1) is 0 Å². The van der Waals surface area contributed by atoms with E-state index in [-0.39, 0.29) is 0 Å². The Kier molecular flexibility index (Phi) is 2.63. The Balaban J connectivity index is 2.03. The molecule has 1 heterocycles. The van der Waals surface area contributed by atoms with Crippen LogP contribution in [0.25, 0.3) is 11.4 Å². The molecule has 0 unspecified atom stereocenters. The third kappa shape index (κ3) is 2.07. The molecule has 0 spiro atoms. The fraction of sp³-hybridized carbons (Fsp3) is 0.333. The van der Waals surface area contributed by atoms with Gasteiger partial charge in [0.15, 0.2) is 5.82 Å². The molecule has 1 aromatic carbocycles. The van der Waals surface area contributed by atoms with E-state index in [4.69, 9.17) is 4.74 Å². The summed E-state index contributed by atoms with van der Waals surface area (Å²) in [6.07, 6.45) is 2.43. The average molecular weight is 294 g/mol. The summed E-state index contributed by atoms with van der Waals surface area (Å²) in [6, 6.07) is 5.82. The lowest BCUT2D eigenvalue weighted by molar-refractivity contribution is 0.416. The van der Waals surface area contributed by atoms with Crippen molar-refractivity contribution in [3.05, 3.63) is 28.5 Å². The first-order chi connectivity index (χ1) is 8.28. The minimum absolute atomic E-state index is 0.578. The van der Waals surface area contributed by atoms with Gasteiger partial charge in [-0.05, 0) is 31.0 Å². The first kappa shape index (κ1) is 10.8. The molecule has 0 atom stereocenters. The van der Waals surface area contributed by atoms with Crippen LogP contribution in [0.3, 0.4) is 0 Å². The van der Waals surface area contributed by atoms with Gasteiger partial charge in [-0.2, -0.15) is 5.10 Å². The zero-order valence-electron chi connectivity index (χ0n) is 9.40. The van der Waals surface area contributed by atoms with E-state index in [0.717, 1.165) is 21.6 Å². The number of aromatic amines is 1. The van der Waals surface area contributed by atoms with Gasteiger partial charge < -0.3 is 4.74 Å². The van der Waals surface area contributed by atoms with Crippen molar-refractivity contribution >= 4 is 15.9 Å². The summed E-state index contributed by atoms with van der Waals surface area (Å²) < 4.78 is 6.32. The van der Waals surface area contributed by atoms with Crippen LogP contribution in [0.1, 0.15) is 24.6 Å². The van der Waals surface area contributed by atoms with Gasteiger partial charge in [-0.3, -0.25) is 5.10 Å². The van der Waals surface area contributed by atoms with Gasteiger partial charge in [0.25, 0.3) is 0 Å². The second-order valence-corrected chi connectivity index (χ2v) is 5.08. The highest BCUT2D eigenvalue weighted by atomic mass is 79.9. The number of rotatable bonds is 3. The Labute approximate surface area is 108 Å². The van der Waals surface area contributed by atoms with E-state index in [9.17, 15) is 0 Å². The molecule has 17 heavy (non-hydrogen) atoms. The Morgan fingerprint density at radius 3 is 2.94 bits per heavy atom. The number of nitrogens with one attached hydrogen (secondary N) is 1. The molecular weight excluding hydrogens is 282 g/mol. The Bertz CT molecular complexity index is 548. The zero-order valence-corrected chi connectivity index (χ0v) is 11.0. The predicted molar refractivity (Wildman–Crippen MR) is 68.0 cm³/mol. The van der Waals surface area contributed by atoms with Gasteiger partial charge in [-0.25, -0.2) is 4.98 Å². The number of aromatic nitrogens is 3. The van der Waals surface area contributed by atoms with Gasteiger partial charge in [0.05, 0.1) is 12.7 Å². The van der Waals surface area contributed by atoms with E-state index >= 15 is 0 Å². The molecule has 1 aliphatic rings. The maximum atomic E-state index is 5.33. The lowest BCUT2D eigenvalue weighted by atomic mass is 10.2. The topological polar surface area (TPSA) is 50.8 Å². The number of benzene rings is 1. The summed E-state index contributed by atoms with van der Waals surface area (Å²) in [5.74, 6) is 3.05. The summed E-state index contributed by atoms with van der Waals surface area (Å²) in [7, 11) is 1.65. The predicted octanol–water partition coefficient (Wildman–Crippen LogP) is 3.12. The fourth-order valence-electron chi connectivity index (χ4n) is 1.79. The van der Waals surface area contributed by atoms with Crippen LogP contribution >= 0.6 is 15.9 Å². The van der Waals surface area contributed by atoms with Gasteiger partial charge in [0, 0.05) is 10.4 Å². The highest BCUT2D eigenvalue weighted by Crippen LogP contribution is 2.39. The third-order valence-electron chi connectivity index (χ3n) is 2.87. The first-order valence-electron chi connectivity index (χ1n) is 5.54. The molecule has 0 aliphatic heterocycles. The maximum absolute atomic E-state index is 5.33. The molecule has 5 heteroatoms. The first-order valence-corrected chi connectivity index (χ1v) is 6.33. The summed E-state index contributed by atoms with van der Waals surface area (Å²) in [6.45, 7) is 0. The quantitative estimate of drug-likeness (QED) is 0.946. The normalized spacial score (nSPS) is 14.9. The van der Waals surface area contributed by atoms with Crippen molar-refractivity contribution in [3.63, 3.8) is 0 Å². The molecule has 0 bridgehead atoms. The van der Waals surface area contributed by atoms with E-state index in [1.54, 1.807) is 7.11 Å². The zero-order chi connectivity index (χ0) is 11.8. The fourth-order valence-corrected chi connectivity index (χ4v) is 2.15. The van der Waals surface area contributed by atoms with Crippen molar-refractivity contribution in [3.8, 4) is 17.1 Å². The van der Waals surface area contributed by atoms with Crippen LogP contribution in [0.2, 0.25) is 0 Å². The number of hydrogen-bond acceptors (Lipinski definition) is 3. The largest absolute Gasteiger partial charge is 0.496 e. The highest BCUT2D eigenvalue weighted by molar-refractivity contribution is 9.10. The highest BCUT2D eigenvalue weighted by Gasteiger charge is 2.27. The summed E-state index contributed by atoms with van der Waals surface area (Å²) in [5, 5.41) is 7.27. The standard InChI is InChI=1S/C12H12BrN3O/c1-17-10-5-4-8(13)6-9(10)12-14-11(15-16-12)7-2-3-7/h4-7H,2-3H2,1H3,(H,14,15,16). The molecule has 1 fully saturated rings. The minimum Gasteiger partial charge on any atom is -0.496 e. The number of hydrogen-bond donors (Lipinski definition) is 1. The molecule has 1 aliphatic carbocycles. The van der Waals surface area contributed by atoms with Crippen LogP contribution in [-0.4, -0.2) is 22.3 Å². The summed E-state index contributed by atoms with van der Waals surface area (Å²) in [5.41, 5.74) is 0.907. The Morgan fingerprint density at radius 1 is 1.41 bits per heavy atom. The molecule has 1 N–H and O–H groups in total. The van der Waals surface area contributed by atoms with E-state index in [1.165, 1.54) is 12.8 Å². The van der Waals surface area contributed by atoms with E-state index in [2.05, 4.69) is 31.1 Å². The lowest BCUT2D eigenvalue weighted by Crippen LogP contribution is -1.89. The average Bonchev–Trinajstić information content (AvgIpc) is 3.07. The van der Waals surface area contributed by atoms with Crippen LogP contribution in [0.15, 0.2) is 22.7 Å². The van der Waals surface area contributed by atoms with Gasteiger partial charge in [0.2, 0.25) is 0 Å². The van der Waals surface area contributed by atoms with Gasteiger partial charge in [-0.1, -0.05) is 15.9 Å². The monoisotopic (exact) mass is 293 g/mol. The summed E-state index contributed by atoms with van der Waals surface area (Å²) >= 11 is 3.45. The van der Waals surface area contributed by atoms with E-state index in [1.807, 2.05) is 18.2 Å². The van der Waals surface area contributed by atoms with Crippen LogP contribution in [0.4, 0.5) is 0 Å². The van der Waals surface area contributed by atoms with Crippen LogP contribution in [0.5, 0.6) is 5.75 Å². The van der Waals surface area contributed by atoms with E-state index in [0.29, 0.717) is 11.7 Å². The van der Waals surface area contributed by atoms with Crippen molar-refractivity contribution in [2.75, 3.05) is 7.11 Å². The Hall–Kier alpha value is -1.36. The number of ether oxygens (including phenoxy) is 1. The Morgan fingerprint density at radius 2 is 2.24 bits per heavy atom. The molecule has 1 saturated carbocycles. The molecule has 88 valence electrons. The molecule has 0 amide bonds. The molecule has 2 aromatic rings. The molecule has 1 aromatic heterocycles. The second-order valence-electron chi connectivity index (χ2n) is 4.16. The smallest absolute Gasteiger partial charge is 0.184 e. The maximum Gasteiger partial charge on any atom is 0.184 e. The summed E-state index contributed by atoms with van der Waals surface area (Å²) in [4.78, 5) is 4.52. The van der Waals surface area contributed by atoms with Crippen molar-refractivity contribution in [1.29, 1.82) is 0 Å². The number of nitrogens with zero attached hydrogens (tertiary/aromatic N) is 2. The van der Waals surface area contributed by atoms with Crippen molar-refractivity contribution in [2.45, 2.75) is 18.8 Å². The number of halogens is 1. The second kappa shape index (κ2) is 4.14. The molecule has 4 nitrogen and oxygen atoms in total. The number of H-pyrrole nitrogens is 1. The number of methoxy groups -OCH3 is 1. The molecule has 0 saturated heterocycles. The molecular formula is C12H12BrN3O. The van der Waals surface area contributed by atoms with Crippen molar-refractivity contribution < 1.29 is 4.74 Å².